The Hall–Kier alpha value is -2.28. The number of benzene rings is 2. The lowest BCUT2D eigenvalue weighted by Crippen LogP contribution is -2.32. The van der Waals surface area contributed by atoms with E-state index in [1.807, 2.05) is 42.5 Å². The van der Waals surface area contributed by atoms with Crippen LogP contribution in [0.3, 0.4) is 0 Å². The molecule has 0 amide bonds. The highest BCUT2D eigenvalue weighted by molar-refractivity contribution is 5.42. The molecule has 0 bridgehead atoms. The summed E-state index contributed by atoms with van der Waals surface area (Å²) in [5, 5.41) is 13.3. The van der Waals surface area contributed by atoms with E-state index in [1.54, 1.807) is 14.2 Å². The second-order valence-corrected chi connectivity index (χ2v) is 5.92. The number of nitrogens with two attached hydrogens (primary N) is 1. The van der Waals surface area contributed by atoms with E-state index < -0.39 is 6.10 Å². The molecule has 1 atom stereocenters. The van der Waals surface area contributed by atoms with Crippen molar-refractivity contribution in [1.82, 2.24) is 5.32 Å². The first kappa shape index (κ1) is 20.0. The lowest BCUT2D eigenvalue weighted by Gasteiger charge is -2.15. The maximum Gasteiger partial charge on any atom is 0.160 e. The van der Waals surface area contributed by atoms with Crippen LogP contribution in [0.25, 0.3) is 0 Å². The Morgan fingerprint density at radius 2 is 1.81 bits per heavy atom. The lowest BCUT2D eigenvalue weighted by molar-refractivity contribution is 0.106. The maximum absolute atomic E-state index is 10.1. The molecule has 0 aliphatic rings. The molecule has 0 unspecified atom stereocenters. The Kier molecular flexibility index (Phi) is 8.21. The molecule has 0 saturated heterocycles. The van der Waals surface area contributed by atoms with Gasteiger partial charge in [0.05, 0.1) is 14.2 Å². The van der Waals surface area contributed by atoms with Crippen LogP contribution in [0.5, 0.6) is 17.2 Å². The highest BCUT2D eigenvalue weighted by atomic mass is 16.5. The molecular weight excluding hydrogens is 332 g/mol. The van der Waals surface area contributed by atoms with E-state index in [0.717, 1.165) is 41.3 Å². The summed E-state index contributed by atoms with van der Waals surface area (Å²) < 4.78 is 16.2. The average molecular weight is 360 g/mol. The van der Waals surface area contributed by atoms with Gasteiger partial charge in [0.2, 0.25) is 0 Å². The molecule has 2 aromatic carbocycles. The van der Waals surface area contributed by atoms with Gasteiger partial charge in [-0.2, -0.15) is 0 Å². The molecule has 0 saturated carbocycles. The number of para-hydroxylation sites is 1. The molecule has 2 rings (SSSR count). The van der Waals surface area contributed by atoms with E-state index in [2.05, 4.69) is 5.32 Å². The summed E-state index contributed by atoms with van der Waals surface area (Å²) in [6.07, 6.45) is 0.232. The van der Waals surface area contributed by atoms with Crippen LogP contribution in [0.1, 0.15) is 11.1 Å². The van der Waals surface area contributed by atoms with Crippen LogP contribution in [0.15, 0.2) is 42.5 Å². The van der Waals surface area contributed by atoms with E-state index in [0.29, 0.717) is 13.1 Å². The summed E-state index contributed by atoms with van der Waals surface area (Å²) in [6, 6.07) is 13.5. The van der Waals surface area contributed by atoms with Gasteiger partial charge >= 0.3 is 0 Å². The number of rotatable bonds is 11. The molecule has 0 aromatic heterocycles. The van der Waals surface area contributed by atoms with Crippen molar-refractivity contribution in [2.45, 2.75) is 19.1 Å². The van der Waals surface area contributed by atoms with Crippen LogP contribution in [-0.4, -0.2) is 45.1 Å². The molecule has 0 spiro atoms. The minimum Gasteiger partial charge on any atom is -0.493 e. The smallest absolute Gasteiger partial charge is 0.160 e. The Labute approximate surface area is 154 Å². The number of methoxy groups -OCH3 is 2. The quantitative estimate of drug-likeness (QED) is 0.529. The van der Waals surface area contributed by atoms with E-state index in [-0.39, 0.29) is 6.61 Å². The number of aliphatic hydroxyl groups excluding tert-OH is 1. The molecule has 4 N–H and O–H groups in total. The number of ether oxygens (including phenoxy) is 3. The molecule has 142 valence electrons. The third kappa shape index (κ3) is 5.91. The zero-order valence-corrected chi connectivity index (χ0v) is 15.4. The lowest BCUT2D eigenvalue weighted by atomic mass is 10.1. The fourth-order valence-electron chi connectivity index (χ4n) is 2.60. The van der Waals surface area contributed by atoms with Crippen molar-refractivity contribution in [2.75, 3.05) is 33.9 Å². The molecule has 0 aliphatic carbocycles. The van der Waals surface area contributed by atoms with Gasteiger partial charge < -0.3 is 30.4 Å². The van der Waals surface area contributed by atoms with Crippen molar-refractivity contribution in [1.29, 1.82) is 0 Å². The molecule has 0 aliphatic heterocycles. The van der Waals surface area contributed by atoms with Crippen molar-refractivity contribution in [3.63, 3.8) is 0 Å². The van der Waals surface area contributed by atoms with Crippen LogP contribution in [0.2, 0.25) is 0 Å². The predicted molar refractivity (Wildman–Crippen MR) is 102 cm³/mol. The molecule has 0 radical (unpaired) electrons. The summed E-state index contributed by atoms with van der Waals surface area (Å²) in [6.45, 7) is 1.83. The number of nitrogens with one attached hydrogen (secondary N) is 1. The second-order valence-electron chi connectivity index (χ2n) is 5.92. The minimum atomic E-state index is -0.591. The molecule has 0 heterocycles. The van der Waals surface area contributed by atoms with Crippen molar-refractivity contribution < 1.29 is 19.3 Å². The summed E-state index contributed by atoms with van der Waals surface area (Å²) in [4.78, 5) is 0. The van der Waals surface area contributed by atoms with Crippen LogP contribution in [-0.2, 0) is 13.0 Å². The topological polar surface area (TPSA) is 86.0 Å². The van der Waals surface area contributed by atoms with Crippen LogP contribution >= 0.6 is 0 Å². The molecule has 6 heteroatoms. The normalized spacial score (nSPS) is 11.8. The average Bonchev–Trinajstić information content (AvgIpc) is 2.69. The highest BCUT2D eigenvalue weighted by Crippen LogP contribution is 2.27. The van der Waals surface area contributed by atoms with Crippen LogP contribution < -0.4 is 25.3 Å². The van der Waals surface area contributed by atoms with Gasteiger partial charge in [0, 0.05) is 18.7 Å². The zero-order chi connectivity index (χ0) is 18.8. The fraction of sp³-hybridized carbons (Fsp3) is 0.400. The molecule has 2 aromatic rings. The first-order valence-electron chi connectivity index (χ1n) is 8.68. The van der Waals surface area contributed by atoms with Gasteiger partial charge in [-0.1, -0.05) is 24.3 Å². The van der Waals surface area contributed by atoms with Gasteiger partial charge in [-0.25, -0.2) is 0 Å². The minimum absolute atomic E-state index is 0.223. The van der Waals surface area contributed by atoms with Crippen molar-refractivity contribution in [3.8, 4) is 17.2 Å². The second kappa shape index (κ2) is 10.7. The highest BCUT2D eigenvalue weighted by Gasteiger charge is 2.08. The van der Waals surface area contributed by atoms with Crippen molar-refractivity contribution in [3.05, 3.63) is 53.6 Å². The van der Waals surface area contributed by atoms with E-state index in [1.165, 1.54) is 0 Å². The number of hydrogen-bond donors (Lipinski definition) is 3. The van der Waals surface area contributed by atoms with E-state index in [9.17, 15) is 5.11 Å². The van der Waals surface area contributed by atoms with Crippen molar-refractivity contribution >= 4 is 0 Å². The van der Waals surface area contributed by atoms with Crippen LogP contribution in [0, 0.1) is 0 Å². The summed E-state index contributed by atoms with van der Waals surface area (Å²) in [5.41, 5.74) is 7.75. The summed E-state index contributed by atoms with van der Waals surface area (Å²) in [5.74, 6) is 2.16. The summed E-state index contributed by atoms with van der Waals surface area (Å²) in [7, 11) is 3.24. The number of aliphatic hydroxyl groups is 1. The van der Waals surface area contributed by atoms with Gasteiger partial charge in [0.15, 0.2) is 11.5 Å². The van der Waals surface area contributed by atoms with Gasteiger partial charge in [0.25, 0.3) is 0 Å². The van der Waals surface area contributed by atoms with Gasteiger partial charge in [-0.3, -0.25) is 0 Å². The SMILES string of the molecule is COc1ccc(CCNC[C@H](O)COc2ccccc2CN)cc1OC. The third-order valence-corrected chi connectivity index (χ3v) is 4.04. The largest absolute Gasteiger partial charge is 0.493 e. The molecular formula is C20H28N2O4. The fourth-order valence-corrected chi connectivity index (χ4v) is 2.60. The molecule has 0 fully saturated rings. The van der Waals surface area contributed by atoms with Crippen molar-refractivity contribution in [2.24, 2.45) is 5.73 Å². The van der Waals surface area contributed by atoms with Gasteiger partial charge in [-0.15, -0.1) is 0 Å². The molecule has 26 heavy (non-hydrogen) atoms. The first-order valence-corrected chi connectivity index (χ1v) is 8.68. The Bertz CT molecular complexity index is 679. The maximum atomic E-state index is 10.1. The Balaban J connectivity index is 1.71. The van der Waals surface area contributed by atoms with Crippen LogP contribution in [0.4, 0.5) is 0 Å². The van der Waals surface area contributed by atoms with E-state index in [4.69, 9.17) is 19.9 Å². The standard InChI is InChI=1S/C20H28N2O4/c1-24-19-8-7-15(11-20(19)25-2)9-10-22-13-17(23)14-26-18-6-4-3-5-16(18)12-21/h3-8,11,17,22-23H,9-10,12-14,21H2,1-2H3/t17-/m0/s1. The monoisotopic (exact) mass is 360 g/mol. The van der Waals surface area contributed by atoms with Gasteiger partial charge in [-0.05, 0) is 36.7 Å². The summed E-state index contributed by atoms with van der Waals surface area (Å²) >= 11 is 0. The predicted octanol–water partition coefficient (Wildman–Crippen LogP) is 1.73. The Morgan fingerprint density at radius 3 is 2.54 bits per heavy atom. The zero-order valence-electron chi connectivity index (χ0n) is 15.4. The third-order valence-electron chi connectivity index (χ3n) is 4.04. The Morgan fingerprint density at radius 1 is 1.04 bits per heavy atom. The molecule has 6 nitrogen and oxygen atoms in total. The first-order chi connectivity index (χ1) is 12.7. The van der Waals surface area contributed by atoms with Gasteiger partial charge in [0.1, 0.15) is 18.5 Å². The number of hydrogen-bond acceptors (Lipinski definition) is 6. The van der Waals surface area contributed by atoms with E-state index >= 15 is 0 Å².